The van der Waals surface area contributed by atoms with Gasteiger partial charge in [0, 0.05) is 25.0 Å². The van der Waals surface area contributed by atoms with Crippen LogP contribution in [0.4, 0.5) is 5.69 Å². The molecule has 1 aliphatic heterocycles. The smallest absolute Gasteiger partial charge is 0.261 e. The molecule has 1 aromatic heterocycles. The van der Waals surface area contributed by atoms with Gasteiger partial charge < -0.3 is 15.4 Å². The quantitative estimate of drug-likeness (QED) is 0.915. The number of halogens is 1. The second-order valence-electron chi connectivity index (χ2n) is 4.75. The van der Waals surface area contributed by atoms with Gasteiger partial charge in [-0.05, 0) is 29.3 Å². The molecule has 0 bridgehead atoms. The summed E-state index contributed by atoms with van der Waals surface area (Å²) in [4.78, 5) is 16.3. The number of benzene rings is 1. The Hall–Kier alpha value is -2.11. The second-order valence-corrected chi connectivity index (χ2v) is 5.19. The van der Waals surface area contributed by atoms with Crippen molar-refractivity contribution in [2.45, 2.75) is 13.1 Å². The Morgan fingerprint density at radius 3 is 2.95 bits per heavy atom. The van der Waals surface area contributed by atoms with Gasteiger partial charge in [0.25, 0.3) is 5.91 Å². The van der Waals surface area contributed by atoms with Crippen molar-refractivity contribution in [3.63, 3.8) is 0 Å². The summed E-state index contributed by atoms with van der Waals surface area (Å²) in [7, 11) is 1.47. The van der Waals surface area contributed by atoms with Gasteiger partial charge in [-0.1, -0.05) is 17.7 Å². The molecule has 1 aliphatic rings. The van der Waals surface area contributed by atoms with Crippen LogP contribution >= 0.6 is 11.6 Å². The van der Waals surface area contributed by atoms with Crippen molar-refractivity contribution >= 4 is 23.2 Å². The van der Waals surface area contributed by atoms with Crippen LogP contribution in [0.15, 0.2) is 30.5 Å². The Kier molecular flexibility index (Phi) is 3.77. The van der Waals surface area contributed by atoms with Gasteiger partial charge in [-0.2, -0.15) is 0 Å². The van der Waals surface area contributed by atoms with Crippen LogP contribution in [0.2, 0.25) is 5.02 Å². The third-order valence-corrected chi connectivity index (χ3v) is 3.56. The summed E-state index contributed by atoms with van der Waals surface area (Å²) in [5.74, 6) is -0.0486. The zero-order chi connectivity index (χ0) is 14.8. The van der Waals surface area contributed by atoms with Crippen LogP contribution in [0.3, 0.4) is 0 Å². The number of amides is 1. The molecule has 0 radical (unpaired) electrons. The van der Waals surface area contributed by atoms with Gasteiger partial charge >= 0.3 is 0 Å². The average Bonchev–Trinajstić information content (AvgIpc) is 2.94. The zero-order valence-electron chi connectivity index (χ0n) is 11.4. The van der Waals surface area contributed by atoms with Crippen molar-refractivity contribution in [2.24, 2.45) is 0 Å². The van der Waals surface area contributed by atoms with E-state index in [1.54, 1.807) is 0 Å². The molecule has 1 amide bonds. The highest BCUT2D eigenvalue weighted by atomic mass is 35.5. The lowest BCUT2D eigenvalue weighted by atomic mass is 10.1. The van der Waals surface area contributed by atoms with Crippen LogP contribution in [0.25, 0.3) is 0 Å². The molecule has 0 unspecified atom stereocenters. The fourth-order valence-corrected chi connectivity index (χ4v) is 2.48. The summed E-state index contributed by atoms with van der Waals surface area (Å²) >= 11 is 5.89. The van der Waals surface area contributed by atoms with E-state index in [4.69, 9.17) is 16.3 Å². The minimum Gasteiger partial charge on any atom is -0.480 e. The molecule has 6 heteroatoms. The van der Waals surface area contributed by atoms with E-state index in [2.05, 4.69) is 15.6 Å². The molecule has 2 N–H and O–H groups in total. The maximum atomic E-state index is 12.3. The molecule has 0 atom stereocenters. The summed E-state index contributed by atoms with van der Waals surface area (Å²) in [6.07, 6.45) is 1.44. The number of carbonyl (C=O) groups is 1. The molecule has 0 fully saturated rings. The van der Waals surface area contributed by atoms with Crippen LogP contribution in [0, 0.1) is 0 Å². The number of nitrogens with zero attached hydrogens (tertiary/aromatic N) is 1. The molecule has 21 heavy (non-hydrogen) atoms. The Morgan fingerprint density at radius 1 is 1.33 bits per heavy atom. The van der Waals surface area contributed by atoms with E-state index >= 15 is 0 Å². The van der Waals surface area contributed by atoms with Crippen molar-refractivity contribution in [1.29, 1.82) is 0 Å². The number of ether oxygens (including phenoxy) is 1. The maximum absolute atomic E-state index is 12.3. The number of nitrogens with one attached hydrogen (secondary N) is 2. The largest absolute Gasteiger partial charge is 0.480 e. The Balaban J connectivity index is 1.85. The first-order valence-corrected chi connectivity index (χ1v) is 6.88. The molecular formula is C15H14ClN3O2. The minimum atomic E-state index is -0.298. The Bertz CT molecular complexity index is 703. The molecule has 2 aromatic rings. The monoisotopic (exact) mass is 303 g/mol. The first-order chi connectivity index (χ1) is 10.2. The zero-order valence-corrected chi connectivity index (χ0v) is 12.2. The van der Waals surface area contributed by atoms with E-state index in [1.807, 2.05) is 18.2 Å². The molecule has 2 heterocycles. The van der Waals surface area contributed by atoms with Gasteiger partial charge in [0.05, 0.1) is 12.1 Å². The molecule has 3 rings (SSSR count). The van der Waals surface area contributed by atoms with Crippen LogP contribution in [-0.2, 0) is 13.1 Å². The Morgan fingerprint density at radius 2 is 2.14 bits per heavy atom. The SMILES string of the molecule is COc1ncc(Cl)cc1C(=O)Nc1ccc2c(c1)CNC2. The van der Waals surface area contributed by atoms with Gasteiger partial charge in [0.1, 0.15) is 5.56 Å². The van der Waals surface area contributed by atoms with Gasteiger partial charge in [-0.15, -0.1) is 0 Å². The highest BCUT2D eigenvalue weighted by molar-refractivity contribution is 6.31. The van der Waals surface area contributed by atoms with E-state index in [-0.39, 0.29) is 11.8 Å². The van der Waals surface area contributed by atoms with E-state index in [1.165, 1.54) is 30.5 Å². The standard InChI is InChI=1S/C15H14ClN3O2/c1-21-15-13(5-11(16)8-18-15)14(20)19-12-3-2-9-6-17-7-10(9)4-12/h2-5,8,17H,6-7H2,1H3,(H,19,20). The number of aromatic nitrogens is 1. The number of hydrogen-bond acceptors (Lipinski definition) is 4. The van der Waals surface area contributed by atoms with Gasteiger partial charge in [0.15, 0.2) is 0 Å². The number of methoxy groups -OCH3 is 1. The molecule has 108 valence electrons. The molecule has 5 nitrogen and oxygen atoms in total. The summed E-state index contributed by atoms with van der Waals surface area (Å²) < 4.78 is 5.09. The lowest BCUT2D eigenvalue weighted by Crippen LogP contribution is -2.14. The van der Waals surface area contributed by atoms with Gasteiger partial charge in [-0.3, -0.25) is 4.79 Å². The fourth-order valence-electron chi connectivity index (χ4n) is 2.32. The Labute approximate surface area is 127 Å². The predicted molar refractivity (Wildman–Crippen MR) is 80.7 cm³/mol. The van der Waals surface area contributed by atoms with E-state index in [9.17, 15) is 4.79 Å². The minimum absolute atomic E-state index is 0.250. The average molecular weight is 304 g/mol. The van der Waals surface area contributed by atoms with Crippen molar-refractivity contribution in [3.05, 3.63) is 52.2 Å². The summed E-state index contributed by atoms with van der Waals surface area (Å²) in [6, 6.07) is 7.40. The van der Waals surface area contributed by atoms with Crippen LogP contribution < -0.4 is 15.4 Å². The highest BCUT2D eigenvalue weighted by Gasteiger charge is 2.16. The predicted octanol–water partition coefficient (Wildman–Crippen LogP) is 2.60. The van der Waals surface area contributed by atoms with E-state index in [0.29, 0.717) is 10.6 Å². The van der Waals surface area contributed by atoms with Crippen LogP contribution in [0.5, 0.6) is 5.88 Å². The third kappa shape index (κ3) is 2.84. The number of carbonyl (C=O) groups excluding carboxylic acids is 1. The van der Waals surface area contributed by atoms with Crippen LogP contribution in [-0.4, -0.2) is 18.0 Å². The second kappa shape index (κ2) is 5.71. The van der Waals surface area contributed by atoms with Crippen molar-refractivity contribution in [1.82, 2.24) is 10.3 Å². The lowest BCUT2D eigenvalue weighted by molar-refractivity contribution is 0.102. The molecule has 0 saturated carbocycles. The first-order valence-electron chi connectivity index (χ1n) is 6.51. The summed E-state index contributed by atoms with van der Waals surface area (Å²) in [6.45, 7) is 1.69. The lowest BCUT2D eigenvalue weighted by Gasteiger charge is -2.10. The summed E-state index contributed by atoms with van der Waals surface area (Å²) in [5.41, 5.74) is 3.51. The topological polar surface area (TPSA) is 63.2 Å². The van der Waals surface area contributed by atoms with Gasteiger partial charge in [0.2, 0.25) is 5.88 Å². The number of fused-ring (bicyclic) bond motifs is 1. The molecule has 0 spiro atoms. The van der Waals surface area contributed by atoms with E-state index < -0.39 is 0 Å². The van der Waals surface area contributed by atoms with E-state index in [0.717, 1.165) is 18.8 Å². The highest BCUT2D eigenvalue weighted by Crippen LogP contribution is 2.23. The third-order valence-electron chi connectivity index (χ3n) is 3.35. The first kappa shape index (κ1) is 13.9. The van der Waals surface area contributed by atoms with Gasteiger partial charge in [-0.25, -0.2) is 4.98 Å². The maximum Gasteiger partial charge on any atom is 0.261 e. The number of anilines is 1. The molecular weight excluding hydrogens is 290 g/mol. The normalized spacial score (nSPS) is 12.9. The van der Waals surface area contributed by atoms with Crippen molar-refractivity contribution in [2.75, 3.05) is 12.4 Å². The van der Waals surface area contributed by atoms with Crippen molar-refractivity contribution < 1.29 is 9.53 Å². The molecule has 1 aromatic carbocycles. The summed E-state index contributed by atoms with van der Waals surface area (Å²) in [5, 5.41) is 6.50. The van der Waals surface area contributed by atoms with Crippen molar-refractivity contribution in [3.8, 4) is 5.88 Å². The number of pyridine rings is 1. The number of hydrogen-bond donors (Lipinski definition) is 2. The number of rotatable bonds is 3. The fraction of sp³-hybridized carbons (Fsp3) is 0.200. The van der Waals surface area contributed by atoms with Crippen LogP contribution in [0.1, 0.15) is 21.5 Å². The molecule has 0 aliphatic carbocycles. The molecule has 0 saturated heterocycles.